The zero-order valence-corrected chi connectivity index (χ0v) is 16.6. The molecule has 29 heavy (non-hydrogen) atoms. The van der Waals surface area contributed by atoms with Crippen LogP contribution >= 0.6 is 0 Å². The number of oxime groups is 1. The molecule has 0 aliphatic heterocycles. The van der Waals surface area contributed by atoms with Gasteiger partial charge in [-0.15, -0.1) is 0 Å². The monoisotopic (exact) mass is 426 g/mol. The van der Waals surface area contributed by atoms with Crippen molar-refractivity contribution in [1.82, 2.24) is 10.3 Å². The van der Waals surface area contributed by atoms with Gasteiger partial charge in [0.15, 0.2) is 5.69 Å². The number of carbonyl (C=O) groups excluding carboxylic acids is 1. The Bertz CT molecular complexity index is 983. The molecule has 2 rings (SSSR count). The van der Waals surface area contributed by atoms with E-state index in [4.69, 9.17) is 14.6 Å². The summed E-state index contributed by atoms with van der Waals surface area (Å²) in [5.74, 6) is -0.434. The number of hydrogen-bond donors (Lipinski definition) is 2. The summed E-state index contributed by atoms with van der Waals surface area (Å²) in [7, 11) is -0.680. The quantitative estimate of drug-likeness (QED) is 0.122. The minimum atomic E-state index is -3.52. The van der Waals surface area contributed by atoms with E-state index in [1.54, 1.807) is 7.85 Å². The molecule has 2 aromatic rings. The highest BCUT2D eigenvalue weighted by Gasteiger charge is 2.25. The minimum Gasteiger partial charge on any atom is -0.397 e. The number of nitrogens with one attached hydrogen (secondary N) is 1. The lowest BCUT2D eigenvalue weighted by Gasteiger charge is -2.18. The van der Waals surface area contributed by atoms with Crippen molar-refractivity contribution < 1.29 is 27.1 Å². The van der Waals surface area contributed by atoms with E-state index >= 15 is 0 Å². The Balaban J connectivity index is 2.20. The third-order valence-electron chi connectivity index (χ3n) is 3.78. The summed E-state index contributed by atoms with van der Waals surface area (Å²) in [5, 5.41) is 19.2. The summed E-state index contributed by atoms with van der Waals surface area (Å²) in [6.45, 7) is 0.341. The summed E-state index contributed by atoms with van der Waals surface area (Å²) in [6.07, 6.45) is 1.30. The number of amides is 1. The molecule has 1 aromatic carbocycles. The van der Waals surface area contributed by atoms with Crippen LogP contribution in [0.4, 0.5) is 15.9 Å². The summed E-state index contributed by atoms with van der Waals surface area (Å²) < 4.78 is 40.2. The smallest absolute Gasteiger partial charge is 0.220 e. The highest BCUT2D eigenvalue weighted by atomic mass is 32.2. The molecule has 1 amide bonds. The fourth-order valence-electron chi connectivity index (χ4n) is 2.39. The van der Waals surface area contributed by atoms with E-state index in [1.165, 1.54) is 25.3 Å². The molecule has 0 atom stereocenters. The zero-order valence-electron chi connectivity index (χ0n) is 15.8. The second-order valence-corrected chi connectivity index (χ2v) is 7.70. The number of unbranched alkanes of at least 4 members (excludes halogenated alkanes) is 1. The third kappa shape index (κ3) is 6.25. The number of amidine groups is 1. The molecule has 0 saturated heterocycles. The lowest BCUT2D eigenvalue weighted by Crippen LogP contribution is -2.32. The Morgan fingerprint density at radius 1 is 1.45 bits per heavy atom. The van der Waals surface area contributed by atoms with Gasteiger partial charge in [-0.3, -0.25) is 9.69 Å². The van der Waals surface area contributed by atoms with Gasteiger partial charge in [0, 0.05) is 12.2 Å². The highest BCUT2D eigenvalue weighted by Crippen LogP contribution is 2.19. The van der Waals surface area contributed by atoms with Crippen molar-refractivity contribution in [2.75, 3.05) is 29.6 Å². The SMILES string of the molecule is Bc1cc(N(C=O)/C(=N\OC)c2nonc2NCCCCS(N)(=O)=O)ccc1F. The van der Waals surface area contributed by atoms with Crippen LogP contribution in [0.1, 0.15) is 18.5 Å². The van der Waals surface area contributed by atoms with Gasteiger partial charge < -0.3 is 10.2 Å². The number of anilines is 2. The zero-order chi connectivity index (χ0) is 21.4. The van der Waals surface area contributed by atoms with Gasteiger partial charge in [0.2, 0.25) is 28.1 Å². The fourth-order valence-corrected chi connectivity index (χ4v) is 2.99. The van der Waals surface area contributed by atoms with Crippen molar-refractivity contribution in [1.29, 1.82) is 0 Å². The maximum Gasteiger partial charge on any atom is 0.220 e. The van der Waals surface area contributed by atoms with Gasteiger partial charge in [-0.05, 0) is 41.4 Å². The Morgan fingerprint density at radius 3 is 2.83 bits per heavy atom. The van der Waals surface area contributed by atoms with Crippen LogP contribution in [0.25, 0.3) is 0 Å². The molecule has 0 aliphatic carbocycles. The summed E-state index contributed by atoms with van der Waals surface area (Å²) >= 11 is 0. The number of primary sulfonamides is 1. The summed E-state index contributed by atoms with van der Waals surface area (Å²) in [5.41, 5.74) is 0.738. The van der Waals surface area contributed by atoms with Gasteiger partial charge >= 0.3 is 0 Å². The highest BCUT2D eigenvalue weighted by molar-refractivity contribution is 7.89. The number of nitrogens with two attached hydrogens (primary N) is 1. The minimum absolute atomic E-state index is 0.0400. The average Bonchev–Trinajstić information content (AvgIpc) is 3.11. The standard InChI is InChI=1S/C15H20BFN6O5S/c1-27-22-15(23(9-24)10-4-5-12(17)11(16)8-10)13-14(21-28-20-13)19-6-2-3-7-29(18,25)26/h4-5,8-9H,2-3,6-7,16H2,1H3,(H,19,21)(H2,18,25,26)/b22-15-. The van der Waals surface area contributed by atoms with Gasteiger partial charge in [0.05, 0.1) is 5.75 Å². The van der Waals surface area contributed by atoms with Crippen LogP contribution in [-0.4, -0.2) is 58.2 Å². The molecule has 156 valence electrons. The van der Waals surface area contributed by atoms with Crippen molar-refractivity contribution in [3.8, 4) is 0 Å². The second kappa shape index (κ2) is 9.98. The Kier molecular flexibility index (Phi) is 7.67. The molecule has 0 aliphatic rings. The van der Waals surface area contributed by atoms with Crippen molar-refractivity contribution in [3.63, 3.8) is 0 Å². The van der Waals surface area contributed by atoms with E-state index < -0.39 is 15.8 Å². The number of halogens is 1. The van der Waals surface area contributed by atoms with E-state index in [9.17, 15) is 17.6 Å². The van der Waals surface area contributed by atoms with Gasteiger partial charge in [0.1, 0.15) is 20.8 Å². The molecule has 0 saturated carbocycles. The predicted octanol–water partition coefficient (Wildman–Crippen LogP) is -1.08. The number of aromatic nitrogens is 2. The first kappa shape index (κ1) is 22.3. The molecular weight excluding hydrogens is 406 g/mol. The fraction of sp³-hybridized carbons (Fsp3) is 0.333. The number of nitrogens with zero attached hydrogens (tertiary/aromatic N) is 4. The van der Waals surface area contributed by atoms with Crippen LogP contribution in [-0.2, 0) is 19.7 Å². The van der Waals surface area contributed by atoms with Gasteiger partial charge in [0.25, 0.3) is 0 Å². The maximum atomic E-state index is 13.6. The normalized spacial score (nSPS) is 11.9. The van der Waals surface area contributed by atoms with E-state index in [0.29, 0.717) is 36.9 Å². The van der Waals surface area contributed by atoms with Crippen molar-refractivity contribution in [2.45, 2.75) is 12.8 Å². The molecule has 3 N–H and O–H groups in total. The van der Waals surface area contributed by atoms with Gasteiger partial charge in [-0.2, -0.15) is 0 Å². The molecule has 0 radical (unpaired) electrons. The third-order valence-corrected chi connectivity index (χ3v) is 4.64. The van der Waals surface area contributed by atoms with Crippen molar-refractivity contribution >= 4 is 47.1 Å². The maximum absolute atomic E-state index is 13.6. The van der Waals surface area contributed by atoms with Crippen molar-refractivity contribution in [3.05, 3.63) is 29.7 Å². The number of rotatable bonds is 10. The van der Waals surface area contributed by atoms with Gasteiger partial charge in [-0.25, -0.2) is 22.6 Å². The Hall–Kier alpha value is -3.00. The van der Waals surface area contributed by atoms with Gasteiger partial charge in [-0.1, -0.05) is 10.6 Å². The second-order valence-electron chi connectivity index (χ2n) is 5.97. The van der Waals surface area contributed by atoms with E-state index in [-0.39, 0.29) is 23.1 Å². The first-order valence-electron chi connectivity index (χ1n) is 8.46. The first-order chi connectivity index (χ1) is 13.8. The van der Waals surface area contributed by atoms with Crippen LogP contribution in [0.2, 0.25) is 0 Å². The molecule has 1 aromatic heterocycles. The molecular formula is C15H20BFN6O5S. The van der Waals surface area contributed by atoms with Crippen LogP contribution in [0.15, 0.2) is 28.0 Å². The lowest BCUT2D eigenvalue weighted by atomic mass is 9.95. The van der Waals surface area contributed by atoms with Crippen LogP contribution in [0.3, 0.4) is 0 Å². The van der Waals surface area contributed by atoms with E-state index in [1.807, 2.05) is 0 Å². The van der Waals surface area contributed by atoms with Crippen LogP contribution < -0.4 is 20.8 Å². The van der Waals surface area contributed by atoms with Crippen molar-refractivity contribution in [2.24, 2.45) is 10.3 Å². The summed E-state index contributed by atoms with van der Waals surface area (Å²) in [4.78, 5) is 17.7. The topological polar surface area (TPSA) is 153 Å². The van der Waals surface area contributed by atoms with Crippen LogP contribution in [0, 0.1) is 5.82 Å². The molecule has 0 unspecified atom stereocenters. The number of carbonyl (C=O) groups is 1. The van der Waals surface area contributed by atoms with E-state index in [0.717, 1.165) is 4.90 Å². The predicted molar refractivity (Wildman–Crippen MR) is 107 cm³/mol. The summed E-state index contributed by atoms with van der Waals surface area (Å²) in [6, 6.07) is 4.08. The lowest BCUT2D eigenvalue weighted by molar-refractivity contribution is -0.106. The molecule has 14 heteroatoms. The molecule has 0 bridgehead atoms. The Labute approximate surface area is 167 Å². The Morgan fingerprint density at radius 2 is 2.21 bits per heavy atom. The average molecular weight is 426 g/mol. The number of benzene rings is 1. The molecule has 1 heterocycles. The molecule has 11 nitrogen and oxygen atoms in total. The molecule has 0 spiro atoms. The van der Waals surface area contributed by atoms with Crippen LogP contribution in [0.5, 0.6) is 0 Å². The number of hydrogen-bond acceptors (Lipinski definition) is 9. The number of sulfonamides is 1. The molecule has 0 fully saturated rings. The largest absolute Gasteiger partial charge is 0.397 e. The van der Waals surface area contributed by atoms with E-state index in [2.05, 4.69) is 20.8 Å². The first-order valence-corrected chi connectivity index (χ1v) is 10.2.